The smallest absolute Gasteiger partial charge is 0.306 e. The first-order valence-corrected chi connectivity index (χ1v) is 19.7. The number of aliphatic carboxylic acids is 1. The van der Waals surface area contributed by atoms with Gasteiger partial charge in [0.05, 0.1) is 0 Å². The van der Waals surface area contributed by atoms with E-state index in [4.69, 9.17) is 9.84 Å². The maximum atomic E-state index is 12.6. The molecule has 0 amide bonds. The normalized spacial score (nSPS) is 12.2. The summed E-state index contributed by atoms with van der Waals surface area (Å²) in [6, 6.07) is 0. The molecule has 0 spiro atoms. The van der Waals surface area contributed by atoms with Gasteiger partial charge in [-0.1, -0.05) is 161 Å². The van der Waals surface area contributed by atoms with Gasteiger partial charge in [-0.3, -0.25) is 9.59 Å². The lowest BCUT2D eigenvalue weighted by Crippen LogP contribution is -2.18. The Bertz CT molecular complexity index is 629. The van der Waals surface area contributed by atoms with E-state index in [9.17, 15) is 9.59 Å². The maximum Gasteiger partial charge on any atom is 0.306 e. The number of unbranched alkanes of at least 4 members (excludes halogenated alkanes) is 25. The second-order valence-electron chi connectivity index (χ2n) is 13.5. The van der Waals surface area contributed by atoms with Crippen LogP contribution in [-0.4, -0.2) is 23.1 Å². The molecule has 0 fully saturated rings. The molecule has 1 N–H and O–H groups in total. The minimum Gasteiger partial charge on any atom is -0.481 e. The SMILES string of the molecule is CCCCCCCC/C=C\CCCCCCCCCC(=O)OC(CCCCCCCCCCC)CCCCCCCC(=O)O. The fourth-order valence-electron chi connectivity index (χ4n) is 6.06. The van der Waals surface area contributed by atoms with Crippen LogP contribution in [0.15, 0.2) is 12.2 Å². The zero-order valence-electron chi connectivity index (χ0n) is 29.7. The Hall–Kier alpha value is -1.32. The third kappa shape index (κ3) is 35.2. The molecule has 0 aliphatic carbocycles. The number of allylic oxidation sites excluding steroid dienone is 2. The molecule has 44 heavy (non-hydrogen) atoms. The summed E-state index contributed by atoms with van der Waals surface area (Å²) >= 11 is 0. The van der Waals surface area contributed by atoms with E-state index in [1.807, 2.05) is 0 Å². The van der Waals surface area contributed by atoms with Gasteiger partial charge in [-0.15, -0.1) is 0 Å². The van der Waals surface area contributed by atoms with E-state index in [0.29, 0.717) is 6.42 Å². The molecule has 0 aliphatic heterocycles. The summed E-state index contributed by atoms with van der Waals surface area (Å²) in [6.07, 6.45) is 43.7. The predicted octanol–water partition coefficient (Wildman–Crippen LogP) is 13.5. The van der Waals surface area contributed by atoms with Crippen molar-refractivity contribution >= 4 is 11.9 Å². The van der Waals surface area contributed by atoms with Crippen LogP contribution in [0.1, 0.15) is 226 Å². The van der Waals surface area contributed by atoms with Crippen LogP contribution < -0.4 is 0 Å². The van der Waals surface area contributed by atoms with Gasteiger partial charge in [0, 0.05) is 12.8 Å². The number of carbonyl (C=O) groups is 2. The lowest BCUT2D eigenvalue weighted by Gasteiger charge is -2.18. The van der Waals surface area contributed by atoms with Crippen molar-refractivity contribution in [2.24, 2.45) is 0 Å². The first-order valence-electron chi connectivity index (χ1n) is 19.7. The molecule has 1 unspecified atom stereocenters. The largest absolute Gasteiger partial charge is 0.481 e. The molecule has 0 aromatic rings. The Kier molecular flexibility index (Phi) is 35.1. The first-order chi connectivity index (χ1) is 21.6. The quantitative estimate of drug-likeness (QED) is 0.0430. The Balaban J connectivity index is 3.94. The number of rotatable bonds is 36. The van der Waals surface area contributed by atoms with Gasteiger partial charge in [-0.2, -0.15) is 0 Å². The highest BCUT2D eigenvalue weighted by Gasteiger charge is 2.14. The average molecular weight is 621 g/mol. The predicted molar refractivity (Wildman–Crippen MR) is 190 cm³/mol. The van der Waals surface area contributed by atoms with E-state index in [-0.39, 0.29) is 18.5 Å². The molecule has 0 heterocycles. The minimum absolute atomic E-state index is 0.000119. The van der Waals surface area contributed by atoms with Crippen molar-refractivity contribution in [3.05, 3.63) is 12.2 Å². The van der Waals surface area contributed by atoms with Crippen LogP contribution in [0.4, 0.5) is 0 Å². The molecule has 0 rings (SSSR count). The topological polar surface area (TPSA) is 63.6 Å². The zero-order valence-corrected chi connectivity index (χ0v) is 29.7. The summed E-state index contributed by atoms with van der Waals surface area (Å²) in [6.45, 7) is 4.54. The molecule has 0 bridgehead atoms. The third-order valence-corrected chi connectivity index (χ3v) is 8.99. The van der Waals surface area contributed by atoms with Crippen LogP contribution in [0.3, 0.4) is 0 Å². The van der Waals surface area contributed by atoms with Crippen molar-refractivity contribution in [3.63, 3.8) is 0 Å². The first kappa shape index (κ1) is 42.7. The van der Waals surface area contributed by atoms with Crippen molar-refractivity contribution < 1.29 is 19.4 Å². The molecular formula is C40H76O4. The number of esters is 1. The van der Waals surface area contributed by atoms with E-state index in [0.717, 1.165) is 64.2 Å². The van der Waals surface area contributed by atoms with Crippen LogP contribution >= 0.6 is 0 Å². The molecule has 0 aromatic heterocycles. The van der Waals surface area contributed by atoms with E-state index in [1.165, 1.54) is 135 Å². The molecule has 0 saturated carbocycles. The monoisotopic (exact) mass is 621 g/mol. The molecule has 0 radical (unpaired) electrons. The fraction of sp³-hybridized carbons (Fsp3) is 0.900. The number of carboxylic acids is 1. The Morgan fingerprint density at radius 1 is 0.477 bits per heavy atom. The fourth-order valence-corrected chi connectivity index (χ4v) is 6.06. The van der Waals surface area contributed by atoms with E-state index in [2.05, 4.69) is 26.0 Å². The summed E-state index contributed by atoms with van der Waals surface area (Å²) in [5, 5.41) is 8.80. The molecular weight excluding hydrogens is 544 g/mol. The summed E-state index contributed by atoms with van der Waals surface area (Å²) in [5.74, 6) is -0.699. The second-order valence-corrected chi connectivity index (χ2v) is 13.5. The van der Waals surface area contributed by atoms with Crippen molar-refractivity contribution in [2.45, 2.75) is 232 Å². The number of carbonyl (C=O) groups excluding carboxylic acids is 1. The highest BCUT2D eigenvalue weighted by atomic mass is 16.5. The van der Waals surface area contributed by atoms with E-state index in [1.54, 1.807) is 0 Å². The van der Waals surface area contributed by atoms with Gasteiger partial charge in [-0.25, -0.2) is 0 Å². The standard InChI is InChI=1S/C40H76O4/c1-3-5-7-9-11-13-14-15-16-17-18-19-20-22-24-29-33-37-40(43)44-38(35-31-27-25-28-32-36-39(41)42)34-30-26-23-21-12-10-8-6-4-2/h15-16,38H,3-14,17-37H2,1-2H3,(H,41,42)/b16-15-. The zero-order chi connectivity index (χ0) is 32.2. The number of ether oxygens (including phenoxy) is 1. The van der Waals surface area contributed by atoms with Gasteiger partial charge in [0.15, 0.2) is 0 Å². The molecule has 4 heteroatoms. The van der Waals surface area contributed by atoms with Crippen LogP contribution in [0.5, 0.6) is 0 Å². The van der Waals surface area contributed by atoms with Gasteiger partial charge in [0.1, 0.15) is 6.10 Å². The lowest BCUT2D eigenvalue weighted by atomic mass is 10.0. The Morgan fingerprint density at radius 2 is 0.818 bits per heavy atom. The van der Waals surface area contributed by atoms with Crippen molar-refractivity contribution in [1.82, 2.24) is 0 Å². The number of hydrogen-bond acceptors (Lipinski definition) is 3. The molecule has 0 aromatic carbocycles. The molecule has 260 valence electrons. The third-order valence-electron chi connectivity index (χ3n) is 8.99. The summed E-state index contributed by atoms with van der Waals surface area (Å²) in [7, 11) is 0. The van der Waals surface area contributed by atoms with Gasteiger partial charge in [0.2, 0.25) is 0 Å². The second kappa shape index (κ2) is 36.2. The average Bonchev–Trinajstić information content (AvgIpc) is 3.00. The highest BCUT2D eigenvalue weighted by Crippen LogP contribution is 2.19. The van der Waals surface area contributed by atoms with Gasteiger partial charge in [0.25, 0.3) is 0 Å². The van der Waals surface area contributed by atoms with Crippen LogP contribution in [-0.2, 0) is 14.3 Å². The molecule has 1 atom stereocenters. The van der Waals surface area contributed by atoms with Crippen LogP contribution in [0, 0.1) is 0 Å². The summed E-state index contributed by atoms with van der Waals surface area (Å²) < 4.78 is 5.99. The van der Waals surface area contributed by atoms with Gasteiger partial charge >= 0.3 is 11.9 Å². The number of carboxylic acid groups (broad SMARTS) is 1. The van der Waals surface area contributed by atoms with Gasteiger partial charge in [-0.05, 0) is 64.2 Å². The minimum atomic E-state index is -0.699. The summed E-state index contributed by atoms with van der Waals surface area (Å²) in [5.41, 5.74) is 0. The van der Waals surface area contributed by atoms with Gasteiger partial charge < -0.3 is 9.84 Å². The molecule has 0 aliphatic rings. The molecule has 0 saturated heterocycles. The Labute approximate surface area is 275 Å². The summed E-state index contributed by atoms with van der Waals surface area (Å²) in [4.78, 5) is 23.3. The van der Waals surface area contributed by atoms with Crippen molar-refractivity contribution in [3.8, 4) is 0 Å². The van der Waals surface area contributed by atoms with Crippen LogP contribution in [0.25, 0.3) is 0 Å². The van der Waals surface area contributed by atoms with Crippen molar-refractivity contribution in [2.75, 3.05) is 0 Å². The maximum absolute atomic E-state index is 12.6. The number of hydrogen-bond donors (Lipinski definition) is 1. The highest BCUT2D eigenvalue weighted by molar-refractivity contribution is 5.69. The lowest BCUT2D eigenvalue weighted by molar-refractivity contribution is -0.150. The Morgan fingerprint density at radius 3 is 1.23 bits per heavy atom. The molecule has 4 nitrogen and oxygen atoms in total. The van der Waals surface area contributed by atoms with E-state index < -0.39 is 5.97 Å². The van der Waals surface area contributed by atoms with Crippen LogP contribution in [0.2, 0.25) is 0 Å². The van der Waals surface area contributed by atoms with Crippen molar-refractivity contribution in [1.29, 1.82) is 0 Å². The van der Waals surface area contributed by atoms with E-state index >= 15 is 0 Å².